The van der Waals surface area contributed by atoms with Crippen molar-refractivity contribution in [3.05, 3.63) is 109 Å². The van der Waals surface area contributed by atoms with Crippen molar-refractivity contribution in [2.45, 2.75) is 8.41 Å². The van der Waals surface area contributed by atoms with Crippen LogP contribution in [0.15, 0.2) is 112 Å². The van der Waals surface area contributed by atoms with Gasteiger partial charge >= 0.3 is 254 Å². The molecule has 6 heterocycles. The molecule has 1 N–H and O–H groups in total. The number of benzene rings is 5. The maximum absolute atomic E-state index is 5.99. The molecule has 0 bridgehead atoms. The van der Waals surface area contributed by atoms with Gasteiger partial charge in [0.05, 0.1) is 0 Å². The quantitative estimate of drug-likeness (QED) is 0.232. The van der Waals surface area contributed by atoms with Gasteiger partial charge < -0.3 is 0 Å². The summed E-state index contributed by atoms with van der Waals surface area (Å²) in [6, 6.07) is 36.6. The molecule has 1 atom stereocenters. The molecule has 0 amide bonds. The van der Waals surface area contributed by atoms with Crippen LogP contribution >= 0.6 is 0 Å². The van der Waals surface area contributed by atoms with E-state index in [0.29, 0.717) is 0 Å². The van der Waals surface area contributed by atoms with E-state index in [-0.39, 0.29) is 10.7 Å². The summed E-state index contributed by atoms with van der Waals surface area (Å²) in [4.78, 5) is 7.94. The average molecular weight is 750 g/mol. The van der Waals surface area contributed by atoms with Crippen molar-refractivity contribution >= 4 is 83.9 Å². The molecule has 11 rings (SSSR count). The summed E-state index contributed by atoms with van der Waals surface area (Å²) in [7, 11) is 2.30. The van der Waals surface area contributed by atoms with Crippen LogP contribution in [0.2, 0.25) is 4.58 Å². The summed E-state index contributed by atoms with van der Waals surface area (Å²) >= 11 is -4.83. The first-order valence-electron chi connectivity index (χ1n) is 15.0. The van der Waals surface area contributed by atoms with E-state index in [0.717, 1.165) is 0 Å². The second kappa shape index (κ2) is 7.24. The molecule has 43 heavy (non-hydrogen) atoms. The van der Waals surface area contributed by atoms with Gasteiger partial charge in [-0.3, -0.25) is 0 Å². The number of nitrogens with one attached hydrogen (secondary N) is 1. The summed E-state index contributed by atoms with van der Waals surface area (Å²) in [5.74, 6) is 0. The number of hydrogen-bond donors (Lipinski definition) is 1. The van der Waals surface area contributed by atoms with Crippen molar-refractivity contribution in [1.82, 2.24) is 0 Å². The summed E-state index contributed by atoms with van der Waals surface area (Å²) < 4.78 is 11.7. The van der Waals surface area contributed by atoms with Gasteiger partial charge in [0.1, 0.15) is 0 Å². The Labute approximate surface area is 252 Å². The normalized spacial score (nSPS) is 21.3. The maximum atomic E-state index is 5.99. The number of anilines is 6. The van der Waals surface area contributed by atoms with E-state index >= 15 is 0 Å². The zero-order valence-electron chi connectivity index (χ0n) is 23.9. The van der Waals surface area contributed by atoms with Gasteiger partial charge in [0.25, 0.3) is 0 Å². The van der Waals surface area contributed by atoms with Crippen LogP contribution in [-0.2, 0) is 0 Å². The summed E-state index contributed by atoms with van der Waals surface area (Å²) in [5.41, 5.74) is 15.9. The average Bonchev–Trinajstić information content (AvgIpc) is 3.48. The molecule has 0 saturated heterocycles. The number of para-hydroxylation sites is 2. The van der Waals surface area contributed by atoms with E-state index in [9.17, 15) is 0 Å². The Hall–Kier alpha value is -4.33. The van der Waals surface area contributed by atoms with E-state index in [1.54, 1.807) is 0 Å². The fourth-order valence-electron chi connectivity index (χ4n) is 9.54. The number of hydrogen-bond acceptors (Lipinski definition) is 5. The molecule has 1 spiro atoms. The summed E-state index contributed by atoms with van der Waals surface area (Å²) in [5, 5.41) is 3.76. The minimum absolute atomic E-state index is 0.101. The summed E-state index contributed by atoms with van der Waals surface area (Å²) in [6.45, 7) is 0.101. The second-order valence-corrected chi connectivity index (χ2v) is 31.3. The van der Waals surface area contributed by atoms with Gasteiger partial charge in [0.15, 0.2) is 0 Å². The minimum atomic E-state index is -4.83. The number of fused-ring (bicyclic) bond motifs is 10. The molecular weight excluding hydrogens is 722 g/mol. The molecule has 0 radical (unpaired) electrons. The Morgan fingerprint density at radius 2 is 1.35 bits per heavy atom. The van der Waals surface area contributed by atoms with E-state index in [1.165, 1.54) is 73.7 Å². The number of nitrogens with zero attached hydrogens (tertiary/aromatic N) is 4. The monoisotopic (exact) mass is 750 g/mol. The number of allylic oxidation sites excluding steroid dienone is 1. The zero-order valence-corrected chi connectivity index (χ0v) is 27.3. The topological polar surface area (TPSA) is 34.1 Å². The van der Waals surface area contributed by atoms with Crippen LogP contribution in [0.1, 0.15) is 0 Å². The fourth-order valence-corrected chi connectivity index (χ4v) is 33.9. The molecule has 0 aromatic heterocycles. The van der Waals surface area contributed by atoms with E-state index in [2.05, 4.69) is 147 Å². The predicted molar refractivity (Wildman–Crippen MR) is 185 cm³/mol. The van der Waals surface area contributed by atoms with Crippen molar-refractivity contribution in [3.8, 4) is 22.3 Å². The number of rotatable bonds is 0. The molecule has 1 unspecified atom stereocenters. The molecule has 0 aliphatic carbocycles. The van der Waals surface area contributed by atoms with Crippen LogP contribution in [0.25, 0.3) is 22.3 Å². The molecule has 6 aliphatic heterocycles. The molecule has 7 heteroatoms. The molecule has 5 aromatic rings. The molecule has 6 aliphatic rings. The molecule has 0 saturated carbocycles. The first-order chi connectivity index (χ1) is 21.1. The van der Waals surface area contributed by atoms with Gasteiger partial charge in [0, 0.05) is 0 Å². The molecular formula is C36H28BN5Po. The van der Waals surface area contributed by atoms with Gasteiger partial charge in [-0.25, -0.2) is 0 Å². The van der Waals surface area contributed by atoms with Gasteiger partial charge in [-0.1, -0.05) is 0 Å². The fraction of sp³-hybridized carbons (Fsp3) is 0.0833. The van der Waals surface area contributed by atoms with Crippen LogP contribution in [0.5, 0.6) is 0 Å². The van der Waals surface area contributed by atoms with Crippen molar-refractivity contribution in [2.24, 2.45) is 2.89 Å². The molecule has 206 valence electrons. The Balaban J connectivity index is 1.42. The van der Waals surface area contributed by atoms with Gasteiger partial charge in [-0.05, 0) is 0 Å². The van der Waals surface area contributed by atoms with Crippen LogP contribution < -0.4 is 37.3 Å². The molecule has 5 nitrogen and oxygen atoms in total. The van der Waals surface area contributed by atoms with Crippen molar-refractivity contribution in [3.63, 3.8) is 0 Å². The molecule has 0 fully saturated rings. The zero-order chi connectivity index (χ0) is 28.3. The van der Waals surface area contributed by atoms with Gasteiger partial charge in [-0.15, -0.1) is 0 Å². The third kappa shape index (κ3) is 2.29. The second-order valence-electron chi connectivity index (χ2n) is 12.8. The first kappa shape index (κ1) is 23.2. The standard InChI is InChI=1S/C35H24BN5.CH3.Po.H/c1-39-23-40(33-14-7-6-13-32(33)39)25-16-18-29-27-10-3-5-12-31(27)36-30-11-4-2-9-26(30)28-17-15-24(38-20-8-19-37)21-34(28)41(36)35(29)22-25;;;/h2-20,23,38H,1H3;1H3;;/q-1;;+1;. The Kier molecular flexibility index (Phi) is 3.90. The third-order valence-corrected chi connectivity index (χ3v) is 32.7. The van der Waals surface area contributed by atoms with Crippen molar-refractivity contribution < 1.29 is 0 Å². The van der Waals surface area contributed by atoms with Crippen LogP contribution in [0.4, 0.5) is 34.1 Å². The van der Waals surface area contributed by atoms with Crippen LogP contribution in [0.3, 0.4) is 0 Å². The van der Waals surface area contributed by atoms with Gasteiger partial charge in [-0.2, -0.15) is 0 Å². The predicted octanol–water partition coefficient (Wildman–Crippen LogP) is 4.76. The Morgan fingerprint density at radius 1 is 0.698 bits per heavy atom. The van der Waals surface area contributed by atoms with Crippen molar-refractivity contribution in [1.29, 1.82) is 0 Å². The van der Waals surface area contributed by atoms with Crippen molar-refractivity contribution in [2.75, 3.05) is 27.0 Å². The Bertz CT molecular complexity index is 2230. The van der Waals surface area contributed by atoms with E-state index in [1.807, 2.05) is 0 Å². The van der Waals surface area contributed by atoms with E-state index < -0.39 is 19.4 Å². The summed E-state index contributed by atoms with van der Waals surface area (Å²) in [6.07, 6.45) is 6.27. The van der Waals surface area contributed by atoms with E-state index in [4.69, 9.17) is 2.89 Å². The van der Waals surface area contributed by atoms with Crippen LogP contribution in [0, 0.1) is 0 Å². The Morgan fingerprint density at radius 3 is 2.12 bits per heavy atom. The third-order valence-electron chi connectivity index (χ3n) is 10.9. The van der Waals surface area contributed by atoms with Gasteiger partial charge in [0.2, 0.25) is 0 Å². The first-order valence-corrected chi connectivity index (χ1v) is 25.6. The van der Waals surface area contributed by atoms with Crippen LogP contribution in [-0.4, -0.2) is 43.3 Å². The molecule has 5 aromatic carbocycles. The SMILES string of the molecule is CN1c2ccccc2N2c3ccc4c5[c]3[PoH]3([CH3])([N]=CC=CNc6ccc7c([c]63)N5B(c3ccccc3-7)c3ccccc3-4)[CH]12.